The van der Waals surface area contributed by atoms with Gasteiger partial charge in [0.15, 0.2) is 11.6 Å². The summed E-state index contributed by atoms with van der Waals surface area (Å²) in [6, 6.07) is 0. The molecule has 0 aliphatic carbocycles. The zero-order valence-electron chi connectivity index (χ0n) is 9.08. The fraction of sp³-hybridized carbons (Fsp3) is 0.800. The van der Waals surface area contributed by atoms with Crippen LogP contribution < -0.4 is 0 Å². The number of carbonyl (C=O) groups excluding carboxylic acids is 2. The normalized spacial score (nSPS) is 18.8. The molecule has 0 saturated carbocycles. The first-order valence-electron chi connectivity index (χ1n) is 4.95. The van der Waals surface area contributed by atoms with Gasteiger partial charge in [-0.05, 0) is 6.92 Å². The van der Waals surface area contributed by atoms with Gasteiger partial charge in [-0.3, -0.25) is 9.59 Å². The zero-order valence-corrected chi connectivity index (χ0v) is 9.08. The maximum Gasteiger partial charge on any atom is 0.303 e. The van der Waals surface area contributed by atoms with E-state index in [9.17, 15) is 9.59 Å². The van der Waals surface area contributed by atoms with Crippen LogP contribution in [0.25, 0.3) is 0 Å². The maximum absolute atomic E-state index is 11.3. The minimum atomic E-state index is -0.647. The first kappa shape index (κ1) is 12.1. The Balaban J connectivity index is 2.18. The highest BCUT2D eigenvalue weighted by atomic mass is 16.7. The fourth-order valence-corrected chi connectivity index (χ4v) is 1.32. The molecule has 0 aromatic carbocycles. The van der Waals surface area contributed by atoms with E-state index in [1.54, 1.807) is 6.92 Å². The number of rotatable bonds is 5. The van der Waals surface area contributed by atoms with Crippen molar-refractivity contribution in [2.45, 2.75) is 32.5 Å². The van der Waals surface area contributed by atoms with E-state index in [-0.39, 0.29) is 12.4 Å². The molecular formula is C10H16O5. The van der Waals surface area contributed by atoms with E-state index < -0.39 is 11.8 Å². The van der Waals surface area contributed by atoms with E-state index in [1.807, 2.05) is 0 Å². The van der Waals surface area contributed by atoms with E-state index >= 15 is 0 Å². The molecule has 1 aliphatic rings. The van der Waals surface area contributed by atoms with Gasteiger partial charge in [0.1, 0.15) is 6.61 Å². The third-order valence-electron chi connectivity index (χ3n) is 2.19. The first-order chi connectivity index (χ1) is 7.02. The largest absolute Gasteiger partial charge is 0.458 e. The van der Waals surface area contributed by atoms with Crippen molar-refractivity contribution in [2.75, 3.05) is 19.8 Å². The van der Waals surface area contributed by atoms with Crippen molar-refractivity contribution in [3.05, 3.63) is 0 Å². The SMILES string of the molecule is CC(=O)OCC(=O)CCC1(C)OCCO1. The molecule has 0 N–H and O–H groups in total. The highest BCUT2D eigenvalue weighted by molar-refractivity contribution is 5.81. The monoisotopic (exact) mass is 216 g/mol. The lowest BCUT2D eigenvalue weighted by atomic mass is 10.1. The van der Waals surface area contributed by atoms with Crippen LogP contribution in [0.2, 0.25) is 0 Å². The molecule has 1 aliphatic heterocycles. The Labute approximate surface area is 88.7 Å². The molecule has 0 amide bonds. The Morgan fingerprint density at radius 1 is 1.33 bits per heavy atom. The average molecular weight is 216 g/mol. The third-order valence-corrected chi connectivity index (χ3v) is 2.19. The summed E-state index contributed by atoms with van der Waals surface area (Å²) in [6.07, 6.45) is 0.789. The lowest BCUT2D eigenvalue weighted by Gasteiger charge is -2.21. The number of hydrogen-bond donors (Lipinski definition) is 0. The lowest BCUT2D eigenvalue weighted by molar-refractivity contribution is -0.154. The van der Waals surface area contributed by atoms with E-state index in [0.717, 1.165) is 0 Å². The van der Waals surface area contributed by atoms with Gasteiger partial charge in [-0.25, -0.2) is 0 Å². The Morgan fingerprint density at radius 2 is 1.93 bits per heavy atom. The van der Waals surface area contributed by atoms with E-state index in [0.29, 0.717) is 26.1 Å². The number of carbonyl (C=O) groups is 2. The minimum absolute atomic E-state index is 0.120. The van der Waals surface area contributed by atoms with Crippen molar-refractivity contribution in [3.63, 3.8) is 0 Å². The van der Waals surface area contributed by atoms with Crippen molar-refractivity contribution in [1.29, 1.82) is 0 Å². The summed E-state index contributed by atoms with van der Waals surface area (Å²) in [5, 5.41) is 0. The lowest BCUT2D eigenvalue weighted by Crippen LogP contribution is -2.27. The predicted octanol–water partition coefficient (Wildman–Crippen LogP) is 0.662. The van der Waals surface area contributed by atoms with Gasteiger partial charge in [0.25, 0.3) is 0 Å². The molecule has 5 heteroatoms. The quantitative estimate of drug-likeness (QED) is 0.632. The van der Waals surface area contributed by atoms with Gasteiger partial charge in [0.05, 0.1) is 13.2 Å². The molecule has 0 aromatic rings. The second-order valence-electron chi connectivity index (χ2n) is 3.65. The van der Waals surface area contributed by atoms with Crippen LogP contribution in [0.4, 0.5) is 0 Å². The van der Waals surface area contributed by atoms with Crippen LogP contribution in [-0.4, -0.2) is 37.4 Å². The van der Waals surface area contributed by atoms with Crippen molar-refractivity contribution < 1.29 is 23.8 Å². The molecule has 0 aromatic heterocycles. The highest BCUT2D eigenvalue weighted by Gasteiger charge is 2.31. The summed E-state index contributed by atoms with van der Waals surface area (Å²) < 4.78 is 15.3. The van der Waals surface area contributed by atoms with Crippen LogP contribution in [0.1, 0.15) is 26.7 Å². The zero-order chi connectivity index (χ0) is 11.3. The molecule has 0 unspecified atom stereocenters. The molecule has 86 valence electrons. The van der Waals surface area contributed by atoms with Crippen molar-refractivity contribution >= 4 is 11.8 Å². The molecule has 1 fully saturated rings. The van der Waals surface area contributed by atoms with E-state index in [1.165, 1.54) is 6.92 Å². The first-order valence-corrected chi connectivity index (χ1v) is 4.95. The Hall–Kier alpha value is -0.940. The minimum Gasteiger partial charge on any atom is -0.458 e. The molecule has 0 spiro atoms. The van der Waals surface area contributed by atoms with Crippen LogP contribution in [0.5, 0.6) is 0 Å². The number of ketones is 1. The number of ether oxygens (including phenoxy) is 3. The molecular weight excluding hydrogens is 200 g/mol. The summed E-state index contributed by atoms with van der Waals surface area (Å²) in [6.45, 7) is 4.05. The molecule has 0 bridgehead atoms. The molecule has 0 atom stereocenters. The van der Waals surface area contributed by atoms with E-state index in [2.05, 4.69) is 4.74 Å². The molecule has 1 saturated heterocycles. The van der Waals surface area contributed by atoms with Crippen molar-refractivity contribution in [3.8, 4) is 0 Å². The fourth-order valence-electron chi connectivity index (χ4n) is 1.32. The average Bonchev–Trinajstić information content (AvgIpc) is 2.60. The summed E-state index contributed by atoms with van der Waals surface area (Å²) in [5.41, 5.74) is 0. The highest BCUT2D eigenvalue weighted by Crippen LogP contribution is 2.23. The van der Waals surface area contributed by atoms with Crippen molar-refractivity contribution in [1.82, 2.24) is 0 Å². The number of esters is 1. The Morgan fingerprint density at radius 3 is 2.47 bits per heavy atom. The van der Waals surface area contributed by atoms with Gasteiger partial charge in [0.2, 0.25) is 0 Å². The van der Waals surface area contributed by atoms with Gasteiger partial charge < -0.3 is 14.2 Å². The van der Waals surface area contributed by atoms with Gasteiger partial charge >= 0.3 is 5.97 Å². The van der Waals surface area contributed by atoms with E-state index in [4.69, 9.17) is 9.47 Å². The standard InChI is InChI=1S/C10H16O5/c1-8(11)13-7-9(12)3-4-10(2)14-5-6-15-10/h3-7H2,1-2H3. The molecule has 0 radical (unpaired) electrons. The van der Waals surface area contributed by atoms with Crippen molar-refractivity contribution in [2.24, 2.45) is 0 Å². The third kappa shape index (κ3) is 4.40. The number of hydrogen-bond acceptors (Lipinski definition) is 5. The summed E-state index contributed by atoms with van der Waals surface area (Å²) in [5.74, 6) is -1.21. The Kier molecular flexibility index (Phi) is 4.23. The summed E-state index contributed by atoms with van der Waals surface area (Å²) >= 11 is 0. The van der Waals surface area contributed by atoms with Gasteiger partial charge in [0, 0.05) is 19.8 Å². The van der Waals surface area contributed by atoms with Crippen LogP contribution in [0, 0.1) is 0 Å². The van der Waals surface area contributed by atoms with Crippen LogP contribution in [0.3, 0.4) is 0 Å². The summed E-state index contributed by atoms with van der Waals surface area (Å²) in [4.78, 5) is 21.7. The van der Waals surface area contributed by atoms with Gasteiger partial charge in [-0.1, -0.05) is 0 Å². The van der Waals surface area contributed by atoms with Gasteiger partial charge in [-0.2, -0.15) is 0 Å². The molecule has 5 nitrogen and oxygen atoms in total. The smallest absolute Gasteiger partial charge is 0.303 e. The number of Topliss-reactive ketones (excluding diaryl/α,β-unsaturated/α-hetero) is 1. The second-order valence-corrected chi connectivity index (χ2v) is 3.65. The summed E-state index contributed by atoms with van der Waals surface area (Å²) in [7, 11) is 0. The molecule has 15 heavy (non-hydrogen) atoms. The van der Waals surface area contributed by atoms with Crippen LogP contribution in [-0.2, 0) is 23.8 Å². The Bertz CT molecular complexity index is 242. The maximum atomic E-state index is 11.3. The predicted molar refractivity (Wildman–Crippen MR) is 51.2 cm³/mol. The van der Waals surface area contributed by atoms with Crippen LogP contribution >= 0.6 is 0 Å². The van der Waals surface area contributed by atoms with Gasteiger partial charge in [-0.15, -0.1) is 0 Å². The topological polar surface area (TPSA) is 61.8 Å². The van der Waals surface area contributed by atoms with Crippen LogP contribution in [0.15, 0.2) is 0 Å². The molecule has 1 rings (SSSR count). The molecule has 1 heterocycles. The second kappa shape index (κ2) is 5.23.